The van der Waals surface area contributed by atoms with Crippen molar-refractivity contribution in [2.24, 2.45) is 10.7 Å². The number of aromatic nitrogens is 2. The van der Waals surface area contributed by atoms with Crippen LogP contribution in [0.25, 0.3) is 5.57 Å². The number of hydrogen-bond acceptors (Lipinski definition) is 6. The SMILES string of the molecule is C=CN=C(C=C)c1cc(C(F)(F)F)nc(/C(C(N)=O)=C2/Nc3ccccc3S2)n1. The molecule has 0 saturated carbocycles. The number of para-hydroxylation sites is 1. The average Bonchev–Trinajstić information content (AvgIpc) is 3.08. The summed E-state index contributed by atoms with van der Waals surface area (Å²) in [5.74, 6) is -1.44. The van der Waals surface area contributed by atoms with E-state index in [2.05, 4.69) is 33.4 Å². The molecule has 2 aromatic rings. The first-order valence-corrected chi connectivity index (χ1v) is 8.92. The molecular weight excluding hydrogens is 403 g/mol. The highest BCUT2D eigenvalue weighted by Gasteiger charge is 2.35. The first kappa shape index (κ1) is 20.3. The molecule has 0 bridgehead atoms. The third-order valence-electron chi connectivity index (χ3n) is 3.75. The van der Waals surface area contributed by atoms with Crippen molar-refractivity contribution in [3.05, 3.63) is 78.0 Å². The van der Waals surface area contributed by atoms with E-state index >= 15 is 0 Å². The van der Waals surface area contributed by atoms with Crippen molar-refractivity contribution in [2.75, 3.05) is 5.32 Å². The Hall–Kier alpha value is -3.40. The van der Waals surface area contributed by atoms with Crippen LogP contribution in [0.1, 0.15) is 17.2 Å². The largest absolute Gasteiger partial charge is 0.433 e. The minimum Gasteiger partial charge on any atom is -0.365 e. The topological polar surface area (TPSA) is 93.3 Å². The van der Waals surface area contributed by atoms with Crippen molar-refractivity contribution < 1.29 is 18.0 Å². The van der Waals surface area contributed by atoms with Gasteiger partial charge in [-0.1, -0.05) is 37.1 Å². The molecule has 3 rings (SSSR count). The van der Waals surface area contributed by atoms with Gasteiger partial charge in [0.15, 0.2) is 5.82 Å². The van der Waals surface area contributed by atoms with E-state index in [0.717, 1.165) is 28.9 Å². The number of aliphatic imine (C=N–C) groups is 1. The molecule has 0 aliphatic carbocycles. The third kappa shape index (κ3) is 4.21. The number of rotatable bonds is 5. The lowest BCUT2D eigenvalue weighted by atomic mass is 10.1. The van der Waals surface area contributed by atoms with Crippen LogP contribution >= 0.6 is 11.8 Å². The van der Waals surface area contributed by atoms with Gasteiger partial charge < -0.3 is 11.1 Å². The number of benzene rings is 1. The molecule has 0 atom stereocenters. The van der Waals surface area contributed by atoms with Crippen LogP contribution in [0.5, 0.6) is 0 Å². The Kier molecular flexibility index (Phi) is 5.55. The van der Waals surface area contributed by atoms with Crippen molar-refractivity contribution in [1.82, 2.24) is 9.97 Å². The maximum atomic E-state index is 13.4. The summed E-state index contributed by atoms with van der Waals surface area (Å²) in [6.45, 7) is 6.94. The number of nitrogens with one attached hydrogen (secondary N) is 1. The van der Waals surface area contributed by atoms with Crippen LogP contribution in [0.15, 0.2) is 70.7 Å². The summed E-state index contributed by atoms with van der Waals surface area (Å²) in [7, 11) is 0. The molecule has 6 nitrogen and oxygen atoms in total. The summed E-state index contributed by atoms with van der Waals surface area (Å²) in [5, 5.41) is 3.21. The molecule has 1 aliphatic rings. The van der Waals surface area contributed by atoms with Crippen LogP contribution < -0.4 is 11.1 Å². The molecule has 0 radical (unpaired) electrons. The smallest absolute Gasteiger partial charge is 0.365 e. The Morgan fingerprint density at radius 2 is 1.97 bits per heavy atom. The highest BCUT2D eigenvalue weighted by molar-refractivity contribution is 8.04. The van der Waals surface area contributed by atoms with Gasteiger partial charge in [0.1, 0.15) is 11.3 Å². The molecule has 148 valence electrons. The summed E-state index contributed by atoms with van der Waals surface area (Å²) in [6, 6.07) is 7.85. The zero-order valence-electron chi connectivity index (χ0n) is 14.8. The Bertz CT molecular complexity index is 1050. The number of amides is 1. The number of allylic oxidation sites excluding steroid dienone is 1. The number of nitrogens with two attached hydrogens (primary N) is 1. The first-order chi connectivity index (χ1) is 13.7. The number of halogens is 3. The standard InChI is InChI=1S/C19H14F3N5OS/c1-3-10(24-4-2)12-9-14(19(20,21)22)27-17(25-12)15(16(23)28)18-26-11-7-5-6-8-13(11)29-18/h3-9,26H,1-2H2,(H2,23,28)/b18-15-,24-10?. The average molecular weight is 417 g/mol. The van der Waals surface area contributed by atoms with Crippen LogP contribution in [-0.2, 0) is 11.0 Å². The maximum Gasteiger partial charge on any atom is 0.433 e. The lowest BCUT2D eigenvalue weighted by Crippen LogP contribution is -2.21. The highest BCUT2D eigenvalue weighted by atomic mass is 32.2. The fourth-order valence-electron chi connectivity index (χ4n) is 2.51. The Balaban J connectivity index is 2.23. The molecule has 0 unspecified atom stereocenters. The number of carbonyl (C=O) groups excluding carboxylic acids is 1. The highest BCUT2D eigenvalue weighted by Crippen LogP contribution is 2.43. The van der Waals surface area contributed by atoms with E-state index in [4.69, 9.17) is 5.73 Å². The Morgan fingerprint density at radius 1 is 1.24 bits per heavy atom. The molecule has 29 heavy (non-hydrogen) atoms. The van der Waals surface area contributed by atoms with Gasteiger partial charge in [-0.3, -0.25) is 9.79 Å². The number of hydrogen-bond donors (Lipinski definition) is 2. The monoisotopic (exact) mass is 417 g/mol. The number of primary amides is 1. The van der Waals surface area contributed by atoms with E-state index in [0.29, 0.717) is 5.69 Å². The van der Waals surface area contributed by atoms with Crippen molar-refractivity contribution in [3.63, 3.8) is 0 Å². The van der Waals surface area contributed by atoms with Crippen molar-refractivity contribution in [3.8, 4) is 0 Å². The molecule has 0 fully saturated rings. The van der Waals surface area contributed by atoms with Gasteiger partial charge >= 0.3 is 6.18 Å². The Morgan fingerprint density at radius 3 is 2.55 bits per heavy atom. The molecular formula is C19H14F3N5OS. The molecule has 0 saturated heterocycles. The van der Waals surface area contributed by atoms with E-state index < -0.39 is 23.6 Å². The van der Waals surface area contributed by atoms with E-state index in [1.807, 2.05) is 0 Å². The summed E-state index contributed by atoms with van der Waals surface area (Å²) >= 11 is 1.15. The molecule has 0 spiro atoms. The lowest BCUT2D eigenvalue weighted by Gasteiger charge is -2.12. The second kappa shape index (κ2) is 7.92. The molecule has 2 heterocycles. The maximum absolute atomic E-state index is 13.4. The Labute approximate surface area is 168 Å². The zero-order chi connectivity index (χ0) is 21.2. The number of alkyl halides is 3. The molecule has 10 heteroatoms. The van der Waals surface area contributed by atoms with Gasteiger partial charge in [-0.15, -0.1) is 0 Å². The van der Waals surface area contributed by atoms with Crippen LogP contribution in [0.3, 0.4) is 0 Å². The van der Waals surface area contributed by atoms with Crippen LogP contribution in [0.4, 0.5) is 18.9 Å². The number of thioether (sulfide) groups is 1. The van der Waals surface area contributed by atoms with E-state index in [9.17, 15) is 18.0 Å². The van der Waals surface area contributed by atoms with Crippen LogP contribution in [-0.4, -0.2) is 21.6 Å². The van der Waals surface area contributed by atoms with Gasteiger partial charge in [-0.05, 0) is 24.3 Å². The molecule has 1 aromatic heterocycles. The normalized spacial score (nSPS) is 15.3. The summed E-state index contributed by atoms with van der Waals surface area (Å²) in [5.41, 5.74) is 4.54. The van der Waals surface area contributed by atoms with Gasteiger partial charge in [0.05, 0.1) is 22.1 Å². The van der Waals surface area contributed by atoms with Crippen LogP contribution in [0.2, 0.25) is 0 Å². The summed E-state index contributed by atoms with van der Waals surface area (Å²) < 4.78 is 40.3. The zero-order valence-corrected chi connectivity index (χ0v) is 15.6. The first-order valence-electron chi connectivity index (χ1n) is 8.10. The van der Waals surface area contributed by atoms with E-state index in [1.165, 1.54) is 6.08 Å². The molecule has 1 aliphatic heterocycles. The number of anilines is 1. The van der Waals surface area contributed by atoms with Gasteiger partial charge in [0.25, 0.3) is 5.91 Å². The molecule has 1 amide bonds. The summed E-state index contributed by atoms with van der Waals surface area (Å²) in [6.07, 6.45) is -2.41. The predicted molar refractivity (Wildman–Crippen MR) is 106 cm³/mol. The van der Waals surface area contributed by atoms with Crippen LogP contribution in [0, 0.1) is 0 Å². The van der Waals surface area contributed by atoms with Crippen molar-refractivity contribution in [2.45, 2.75) is 11.1 Å². The minimum absolute atomic E-state index is 0.0401. The number of fused-ring (bicyclic) bond motifs is 1. The van der Waals surface area contributed by atoms with E-state index in [-0.39, 0.29) is 22.0 Å². The van der Waals surface area contributed by atoms with Gasteiger partial charge in [0, 0.05) is 11.1 Å². The van der Waals surface area contributed by atoms with Gasteiger partial charge in [-0.25, -0.2) is 9.97 Å². The number of carbonyl (C=O) groups is 1. The molecule has 1 aromatic carbocycles. The quantitative estimate of drug-likeness (QED) is 0.567. The lowest BCUT2D eigenvalue weighted by molar-refractivity contribution is -0.141. The fraction of sp³-hybridized carbons (Fsp3) is 0.0526. The van der Waals surface area contributed by atoms with Gasteiger partial charge in [-0.2, -0.15) is 13.2 Å². The van der Waals surface area contributed by atoms with E-state index in [1.54, 1.807) is 24.3 Å². The third-order valence-corrected chi connectivity index (χ3v) is 4.83. The number of nitrogens with zero attached hydrogens (tertiary/aromatic N) is 3. The second-order valence-electron chi connectivity index (χ2n) is 5.65. The second-order valence-corrected chi connectivity index (χ2v) is 6.70. The fourth-order valence-corrected chi connectivity index (χ4v) is 3.56. The predicted octanol–water partition coefficient (Wildman–Crippen LogP) is 3.99. The minimum atomic E-state index is -4.78. The van der Waals surface area contributed by atoms with Crippen molar-refractivity contribution >= 4 is 34.6 Å². The molecule has 3 N–H and O–H groups in total. The van der Waals surface area contributed by atoms with Crippen molar-refractivity contribution in [1.29, 1.82) is 0 Å². The summed E-state index contributed by atoms with van der Waals surface area (Å²) in [4.78, 5) is 24.4. The van der Waals surface area contributed by atoms with Gasteiger partial charge in [0.2, 0.25) is 0 Å².